The minimum atomic E-state index is -4.44. The number of likely N-dealkylation sites (N-methyl/N-ethyl adjacent to an activating group) is 1. The molecule has 1 N–H and O–H groups in total. The quantitative estimate of drug-likeness (QED) is 0.757. The SMILES string of the molecule is COCC(c1ccnc(OCC(F)(F)F)c1)N(C)C(=O)NC1CC2(CCC2)C1. The van der Waals surface area contributed by atoms with Gasteiger partial charge in [-0.1, -0.05) is 6.42 Å². The van der Waals surface area contributed by atoms with Crippen LogP contribution in [0.1, 0.15) is 43.7 Å². The largest absolute Gasteiger partial charge is 0.468 e. The number of pyridine rings is 1. The zero-order valence-corrected chi connectivity index (χ0v) is 16.1. The van der Waals surface area contributed by atoms with Crippen molar-refractivity contribution in [3.05, 3.63) is 23.9 Å². The molecule has 2 aliphatic carbocycles. The van der Waals surface area contributed by atoms with Crippen LogP contribution >= 0.6 is 0 Å². The smallest absolute Gasteiger partial charge is 0.422 e. The van der Waals surface area contributed by atoms with Crippen LogP contribution < -0.4 is 10.1 Å². The van der Waals surface area contributed by atoms with E-state index in [9.17, 15) is 18.0 Å². The molecule has 2 amide bonds. The molecule has 28 heavy (non-hydrogen) atoms. The van der Waals surface area contributed by atoms with Crippen LogP contribution in [-0.4, -0.2) is 55.5 Å². The summed E-state index contributed by atoms with van der Waals surface area (Å²) in [5.74, 6) is -0.143. The van der Waals surface area contributed by atoms with Gasteiger partial charge in [-0.3, -0.25) is 0 Å². The molecule has 3 rings (SSSR count). The second kappa shape index (κ2) is 8.14. The monoisotopic (exact) mass is 401 g/mol. The number of amides is 2. The number of carbonyl (C=O) groups is 1. The van der Waals surface area contributed by atoms with Gasteiger partial charge in [-0.15, -0.1) is 0 Å². The van der Waals surface area contributed by atoms with E-state index in [1.54, 1.807) is 13.1 Å². The standard InChI is InChI=1S/C19H26F3N3O3/c1-25(17(26)24-14-9-18(10-14)5-3-6-18)15(11-27-2)13-4-7-23-16(8-13)28-12-19(20,21)22/h4,7-8,14-15H,3,5-6,9-12H2,1-2H3,(H,24,26). The van der Waals surface area contributed by atoms with Gasteiger partial charge in [0.1, 0.15) is 0 Å². The van der Waals surface area contributed by atoms with Gasteiger partial charge in [-0.05, 0) is 42.7 Å². The van der Waals surface area contributed by atoms with Crippen molar-refractivity contribution >= 4 is 6.03 Å². The highest BCUT2D eigenvalue weighted by atomic mass is 19.4. The Balaban J connectivity index is 1.62. The number of hydrogen-bond acceptors (Lipinski definition) is 4. The lowest BCUT2D eigenvalue weighted by molar-refractivity contribution is -0.154. The third-order valence-corrected chi connectivity index (χ3v) is 5.74. The van der Waals surface area contributed by atoms with E-state index in [1.165, 1.54) is 43.5 Å². The van der Waals surface area contributed by atoms with Crippen LogP contribution in [0.4, 0.5) is 18.0 Å². The van der Waals surface area contributed by atoms with Gasteiger partial charge in [0.15, 0.2) is 6.61 Å². The van der Waals surface area contributed by atoms with Crippen molar-refractivity contribution in [2.45, 2.75) is 50.4 Å². The Morgan fingerprint density at radius 2 is 2.14 bits per heavy atom. The molecular formula is C19H26F3N3O3. The van der Waals surface area contributed by atoms with Crippen molar-refractivity contribution in [2.24, 2.45) is 5.41 Å². The van der Waals surface area contributed by atoms with Crippen molar-refractivity contribution in [3.63, 3.8) is 0 Å². The molecule has 1 unspecified atom stereocenters. The Labute approximate surface area is 162 Å². The topological polar surface area (TPSA) is 63.7 Å². The average Bonchev–Trinajstić information content (AvgIpc) is 2.58. The van der Waals surface area contributed by atoms with Gasteiger partial charge >= 0.3 is 12.2 Å². The molecule has 6 nitrogen and oxygen atoms in total. The van der Waals surface area contributed by atoms with E-state index in [0.717, 1.165) is 12.8 Å². The number of ether oxygens (including phenoxy) is 2. The fraction of sp³-hybridized carbons (Fsp3) is 0.684. The summed E-state index contributed by atoms with van der Waals surface area (Å²) in [5, 5.41) is 3.04. The number of rotatable bonds is 7. The van der Waals surface area contributed by atoms with Crippen LogP contribution in [0.3, 0.4) is 0 Å². The first kappa shape index (κ1) is 20.7. The van der Waals surface area contributed by atoms with E-state index in [0.29, 0.717) is 11.0 Å². The zero-order chi connectivity index (χ0) is 20.4. The fourth-order valence-corrected chi connectivity index (χ4v) is 4.05. The number of nitrogens with zero attached hydrogens (tertiary/aromatic N) is 2. The van der Waals surface area contributed by atoms with Gasteiger partial charge in [0.25, 0.3) is 0 Å². The highest BCUT2D eigenvalue weighted by Gasteiger charge is 2.48. The maximum atomic E-state index is 12.7. The first-order valence-electron chi connectivity index (χ1n) is 9.39. The molecule has 2 fully saturated rings. The highest BCUT2D eigenvalue weighted by Crippen LogP contribution is 2.55. The number of methoxy groups -OCH3 is 1. The minimum absolute atomic E-state index is 0.143. The van der Waals surface area contributed by atoms with Crippen molar-refractivity contribution in [1.29, 1.82) is 0 Å². The lowest BCUT2D eigenvalue weighted by atomic mass is 9.54. The predicted octanol–water partition coefficient (Wildman–Crippen LogP) is 3.68. The lowest BCUT2D eigenvalue weighted by Gasteiger charge is -2.54. The van der Waals surface area contributed by atoms with E-state index >= 15 is 0 Å². The Hall–Kier alpha value is -2.03. The number of alkyl halides is 3. The predicted molar refractivity (Wildman–Crippen MR) is 96.0 cm³/mol. The zero-order valence-electron chi connectivity index (χ0n) is 16.1. The maximum Gasteiger partial charge on any atom is 0.422 e. The molecule has 1 spiro atoms. The van der Waals surface area contributed by atoms with Crippen molar-refractivity contribution in [2.75, 3.05) is 27.4 Å². The first-order valence-corrected chi connectivity index (χ1v) is 9.39. The van der Waals surface area contributed by atoms with Gasteiger partial charge in [0, 0.05) is 32.5 Å². The third kappa shape index (κ3) is 4.87. The van der Waals surface area contributed by atoms with Crippen molar-refractivity contribution in [1.82, 2.24) is 15.2 Å². The van der Waals surface area contributed by atoms with Gasteiger partial charge < -0.3 is 19.7 Å². The second-order valence-electron chi connectivity index (χ2n) is 7.82. The van der Waals surface area contributed by atoms with Crippen molar-refractivity contribution < 1.29 is 27.4 Å². The van der Waals surface area contributed by atoms with Crippen LogP contribution in [0, 0.1) is 5.41 Å². The molecule has 2 aliphatic rings. The summed E-state index contributed by atoms with van der Waals surface area (Å²) in [6.45, 7) is -1.22. The van der Waals surface area contributed by atoms with E-state index < -0.39 is 18.8 Å². The molecule has 0 aromatic carbocycles. The Kier molecular flexibility index (Phi) is 6.02. The van der Waals surface area contributed by atoms with Crippen LogP contribution in [0.2, 0.25) is 0 Å². The summed E-state index contributed by atoms with van der Waals surface area (Å²) in [6, 6.07) is 2.53. The van der Waals surface area contributed by atoms with E-state index in [-0.39, 0.29) is 24.6 Å². The number of hydrogen-bond donors (Lipinski definition) is 1. The Morgan fingerprint density at radius 1 is 1.43 bits per heavy atom. The van der Waals surface area contributed by atoms with Gasteiger partial charge in [0.05, 0.1) is 12.6 Å². The number of nitrogens with one attached hydrogen (secondary N) is 1. The normalized spacial score (nSPS) is 19.5. The molecule has 1 aromatic heterocycles. The number of carbonyl (C=O) groups excluding carboxylic acids is 1. The van der Waals surface area contributed by atoms with E-state index in [2.05, 4.69) is 10.3 Å². The maximum absolute atomic E-state index is 12.7. The molecule has 156 valence electrons. The first-order chi connectivity index (χ1) is 13.2. The van der Waals surface area contributed by atoms with Gasteiger partial charge in [0.2, 0.25) is 5.88 Å². The lowest BCUT2D eigenvalue weighted by Crippen LogP contribution is -2.56. The summed E-state index contributed by atoms with van der Waals surface area (Å²) in [4.78, 5) is 18.0. The van der Waals surface area contributed by atoms with Gasteiger partial charge in [-0.25, -0.2) is 9.78 Å². The number of aromatic nitrogens is 1. The summed E-state index contributed by atoms with van der Waals surface area (Å²) in [5.41, 5.74) is 1.05. The van der Waals surface area contributed by atoms with Gasteiger partial charge in [-0.2, -0.15) is 13.2 Å². The molecule has 0 saturated heterocycles. The molecule has 1 atom stereocenters. The Morgan fingerprint density at radius 3 is 2.71 bits per heavy atom. The average molecular weight is 401 g/mol. The fourth-order valence-electron chi connectivity index (χ4n) is 4.05. The molecule has 0 radical (unpaired) electrons. The third-order valence-electron chi connectivity index (χ3n) is 5.74. The second-order valence-corrected chi connectivity index (χ2v) is 7.82. The molecule has 1 aromatic rings. The van der Waals surface area contributed by atoms with Crippen molar-refractivity contribution in [3.8, 4) is 5.88 Å². The molecule has 1 heterocycles. The molecule has 2 saturated carbocycles. The molecule has 0 bridgehead atoms. The molecule has 0 aliphatic heterocycles. The minimum Gasteiger partial charge on any atom is -0.468 e. The Bertz CT molecular complexity index is 686. The molecular weight excluding hydrogens is 375 g/mol. The highest BCUT2D eigenvalue weighted by molar-refractivity contribution is 5.75. The summed E-state index contributed by atoms with van der Waals surface area (Å²) in [6.07, 6.45) is 2.73. The van der Waals surface area contributed by atoms with E-state index in [1.807, 2.05) is 0 Å². The van der Waals surface area contributed by atoms with Crippen LogP contribution in [0.25, 0.3) is 0 Å². The van der Waals surface area contributed by atoms with Crippen LogP contribution in [0.5, 0.6) is 5.88 Å². The summed E-state index contributed by atoms with van der Waals surface area (Å²) < 4.78 is 47.0. The number of urea groups is 1. The summed E-state index contributed by atoms with van der Waals surface area (Å²) in [7, 11) is 3.15. The van der Waals surface area contributed by atoms with Crippen LogP contribution in [0.15, 0.2) is 18.3 Å². The van der Waals surface area contributed by atoms with Crippen LogP contribution in [-0.2, 0) is 4.74 Å². The molecule has 9 heteroatoms. The van der Waals surface area contributed by atoms with E-state index in [4.69, 9.17) is 9.47 Å². The number of halogens is 3. The summed E-state index contributed by atoms with van der Waals surface area (Å²) >= 11 is 0.